The summed E-state index contributed by atoms with van der Waals surface area (Å²) in [5, 5.41) is 1.01. The van der Waals surface area contributed by atoms with Gasteiger partial charge in [-0.25, -0.2) is 9.97 Å². The zero-order valence-electron chi connectivity index (χ0n) is 20.4. The van der Waals surface area contributed by atoms with Crippen molar-refractivity contribution in [2.75, 3.05) is 6.61 Å². The summed E-state index contributed by atoms with van der Waals surface area (Å²) < 4.78 is 33.2. The molecule has 3 aromatic heterocycles. The zero-order chi connectivity index (χ0) is 23.6. The first-order valence-corrected chi connectivity index (χ1v) is 14.4. The molecular formula is C24H33N3O5Si. The van der Waals surface area contributed by atoms with E-state index < -0.39 is 14.1 Å². The second kappa shape index (κ2) is 7.74. The summed E-state index contributed by atoms with van der Waals surface area (Å²) in [5.74, 6) is 0.0109. The topological polar surface area (TPSA) is 80.8 Å². The molecule has 178 valence electrons. The van der Waals surface area contributed by atoms with Gasteiger partial charge in [-0.1, -0.05) is 20.8 Å². The van der Waals surface area contributed by atoms with Crippen LogP contribution in [0.25, 0.3) is 22.5 Å². The lowest BCUT2D eigenvalue weighted by Gasteiger charge is -2.37. The summed E-state index contributed by atoms with van der Waals surface area (Å²) in [7, 11) is -1.94. The Hall–Kier alpha value is -2.04. The van der Waals surface area contributed by atoms with Crippen LogP contribution in [0, 0.1) is 0 Å². The van der Waals surface area contributed by atoms with Crippen molar-refractivity contribution in [3.63, 3.8) is 0 Å². The molecule has 2 fully saturated rings. The van der Waals surface area contributed by atoms with Gasteiger partial charge in [0.2, 0.25) is 0 Å². The van der Waals surface area contributed by atoms with E-state index in [-0.39, 0.29) is 29.6 Å². The minimum atomic E-state index is -1.94. The number of aromatic nitrogens is 3. The third-order valence-corrected chi connectivity index (χ3v) is 11.6. The summed E-state index contributed by atoms with van der Waals surface area (Å²) in [6, 6.07) is 5.74. The van der Waals surface area contributed by atoms with Gasteiger partial charge < -0.3 is 27.6 Å². The van der Waals surface area contributed by atoms with E-state index in [9.17, 15) is 0 Å². The van der Waals surface area contributed by atoms with Crippen LogP contribution in [-0.4, -0.2) is 53.6 Å². The highest BCUT2D eigenvalue weighted by molar-refractivity contribution is 6.74. The maximum Gasteiger partial charge on any atom is 0.192 e. The third kappa shape index (κ3) is 3.95. The van der Waals surface area contributed by atoms with Crippen LogP contribution in [0.2, 0.25) is 18.1 Å². The van der Waals surface area contributed by atoms with Gasteiger partial charge in [-0.2, -0.15) is 0 Å². The van der Waals surface area contributed by atoms with E-state index in [4.69, 9.17) is 23.1 Å². The van der Waals surface area contributed by atoms with Crippen molar-refractivity contribution in [1.29, 1.82) is 0 Å². The van der Waals surface area contributed by atoms with Gasteiger partial charge in [0.25, 0.3) is 0 Å². The molecule has 0 aliphatic carbocycles. The molecule has 2 saturated heterocycles. The van der Waals surface area contributed by atoms with Crippen LogP contribution >= 0.6 is 0 Å². The number of nitrogens with zero attached hydrogens (tertiary/aromatic N) is 3. The standard InChI is InChI=1S/C24H33N3O5Si/c1-23(2,3)33(6,7)29-13-17-19-20(32-24(4,5)31-19)22(30-17)27-11-10-15-18(16-9-8-12-28-16)25-14-26-21(15)27/h8-12,14,17,19-20,22H,13H2,1-7H3/t17-,19-,20-,22-/m1/s1. The Kier molecular flexibility index (Phi) is 5.33. The Morgan fingerprint density at radius 3 is 2.58 bits per heavy atom. The number of hydrogen-bond acceptors (Lipinski definition) is 7. The smallest absolute Gasteiger partial charge is 0.192 e. The molecule has 0 amide bonds. The van der Waals surface area contributed by atoms with Crippen molar-refractivity contribution in [2.24, 2.45) is 0 Å². The molecule has 5 heterocycles. The Balaban J connectivity index is 1.46. The predicted molar refractivity (Wildman–Crippen MR) is 126 cm³/mol. The van der Waals surface area contributed by atoms with E-state index in [1.807, 2.05) is 42.8 Å². The van der Waals surface area contributed by atoms with Gasteiger partial charge in [-0.3, -0.25) is 0 Å². The molecular weight excluding hydrogens is 438 g/mol. The van der Waals surface area contributed by atoms with E-state index in [1.54, 1.807) is 12.6 Å². The predicted octanol–water partition coefficient (Wildman–Crippen LogP) is 5.13. The van der Waals surface area contributed by atoms with Crippen molar-refractivity contribution in [3.05, 3.63) is 37.0 Å². The zero-order valence-corrected chi connectivity index (χ0v) is 21.4. The van der Waals surface area contributed by atoms with Crippen molar-refractivity contribution in [3.8, 4) is 11.5 Å². The molecule has 0 unspecified atom stereocenters. The summed E-state index contributed by atoms with van der Waals surface area (Å²) in [6.07, 6.45) is 4.05. The Bertz CT molecular complexity index is 1130. The van der Waals surface area contributed by atoms with Crippen LogP contribution in [0.1, 0.15) is 40.8 Å². The van der Waals surface area contributed by atoms with Crippen LogP contribution < -0.4 is 0 Å². The Morgan fingerprint density at radius 2 is 1.88 bits per heavy atom. The van der Waals surface area contributed by atoms with Crippen LogP contribution in [0.4, 0.5) is 0 Å². The van der Waals surface area contributed by atoms with Gasteiger partial charge in [-0.05, 0) is 50.2 Å². The van der Waals surface area contributed by atoms with E-state index in [2.05, 4.69) is 43.8 Å². The van der Waals surface area contributed by atoms with Gasteiger partial charge in [0.05, 0.1) is 12.9 Å². The Labute approximate surface area is 195 Å². The monoisotopic (exact) mass is 471 g/mol. The number of hydrogen-bond donors (Lipinski definition) is 0. The van der Waals surface area contributed by atoms with Gasteiger partial charge in [0, 0.05) is 11.6 Å². The maximum atomic E-state index is 6.54. The molecule has 8 nitrogen and oxygen atoms in total. The highest BCUT2D eigenvalue weighted by Gasteiger charge is 2.56. The molecule has 2 aliphatic heterocycles. The highest BCUT2D eigenvalue weighted by Crippen LogP contribution is 2.45. The lowest BCUT2D eigenvalue weighted by molar-refractivity contribution is -0.199. The van der Waals surface area contributed by atoms with Crippen molar-refractivity contribution >= 4 is 19.4 Å². The number of fused-ring (bicyclic) bond motifs is 2. The summed E-state index contributed by atoms with van der Waals surface area (Å²) in [6.45, 7) is 15.6. The maximum absolute atomic E-state index is 6.54. The van der Waals surface area contributed by atoms with Crippen LogP contribution in [0.15, 0.2) is 41.4 Å². The van der Waals surface area contributed by atoms with Gasteiger partial charge >= 0.3 is 0 Å². The SMILES string of the molecule is CC1(C)O[C@@H]2[C@H](O1)[C@@H](CO[Si](C)(C)C(C)(C)C)O[C@H]2n1ccc2c(-c3ccco3)ncnc21. The second-order valence-electron chi connectivity index (χ2n) is 10.9. The highest BCUT2D eigenvalue weighted by atomic mass is 28.4. The fourth-order valence-electron chi connectivity index (χ4n) is 4.31. The minimum Gasteiger partial charge on any atom is -0.463 e. The second-order valence-corrected chi connectivity index (χ2v) is 15.7. The van der Waals surface area contributed by atoms with E-state index in [0.717, 1.165) is 16.7 Å². The van der Waals surface area contributed by atoms with Crippen LogP contribution in [0.5, 0.6) is 0 Å². The van der Waals surface area contributed by atoms with Crippen LogP contribution in [-0.2, 0) is 18.6 Å². The first-order valence-electron chi connectivity index (χ1n) is 11.5. The molecule has 2 aliphatic rings. The summed E-state index contributed by atoms with van der Waals surface area (Å²) in [4.78, 5) is 9.00. The molecule has 0 radical (unpaired) electrons. The molecule has 3 aromatic rings. The molecule has 0 spiro atoms. The minimum absolute atomic E-state index is 0.118. The first kappa shape index (κ1) is 22.7. The summed E-state index contributed by atoms with van der Waals surface area (Å²) in [5.41, 5.74) is 1.51. The molecule has 5 rings (SSSR count). The van der Waals surface area contributed by atoms with Crippen molar-refractivity contribution < 1.29 is 23.1 Å². The number of rotatable bonds is 5. The molecule has 9 heteroatoms. The van der Waals surface area contributed by atoms with Gasteiger partial charge in [-0.15, -0.1) is 0 Å². The Morgan fingerprint density at radius 1 is 1.12 bits per heavy atom. The molecule has 0 bridgehead atoms. The summed E-state index contributed by atoms with van der Waals surface area (Å²) >= 11 is 0. The van der Waals surface area contributed by atoms with Crippen LogP contribution in [0.3, 0.4) is 0 Å². The fourth-order valence-corrected chi connectivity index (χ4v) is 5.32. The normalized spacial score (nSPS) is 27.4. The lowest BCUT2D eigenvalue weighted by Crippen LogP contribution is -2.44. The van der Waals surface area contributed by atoms with Gasteiger partial charge in [0.1, 0.15) is 36.0 Å². The van der Waals surface area contributed by atoms with Crippen molar-refractivity contribution in [2.45, 2.75) is 83.1 Å². The number of ether oxygens (including phenoxy) is 3. The first-order chi connectivity index (χ1) is 15.5. The third-order valence-electron chi connectivity index (χ3n) is 7.08. The average Bonchev–Trinajstić information content (AvgIpc) is 3.48. The number of furan rings is 1. The molecule has 0 saturated carbocycles. The lowest BCUT2D eigenvalue weighted by atomic mass is 10.1. The molecule has 33 heavy (non-hydrogen) atoms. The molecule has 0 N–H and O–H groups in total. The van der Waals surface area contributed by atoms with E-state index in [1.165, 1.54) is 0 Å². The van der Waals surface area contributed by atoms with Gasteiger partial charge in [0.15, 0.2) is 26.1 Å². The average molecular weight is 472 g/mol. The molecule has 4 atom stereocenters. The quantitative estimate of drug-likeness (QED) is 0.477. The van der Waals surface area contributed by atoms with Crippen molar-refractivity contribution in [1.82, 2.24) is 14.5 Å². The van der Waals surface area contributed by atoms with E-state index >= 15 is 0 Å². The molecule has 0 aromatic carbocycles. The van der Waals surface area contributed by atoms with E-state index in [0.29, 0.717) is 12.4 Å². The largest absolute Gasteiger partial charge is 0.463 e. The fraction of sp³-hybridized carbons (Fsp3) is 0.583.